The number of rotatable bonds is 4. The number of primary amides is 1. The highest BCUT2D eigenvalue weighted by molar-refractivity contribution is 7.98. The second-order valence-electron chi connectivity index (χ2n) is 2.55. The van der Waals surface area contributed by atoms with Gasteiger partial charge in [0.25, 0.3) is 5.91 Å². The number of benzene rings is 1. The van der Waals surface area contributed by atoms with Gasteiger partial charge in [0.05, 0.1) is 5.75 Å². The first-order chi connectivity index (χ1) is 6.70. The van der Waals surface area contributed by atoms with Gasteiger partial charge in [0.2, 0.25) is 5.91 Å². The predicted octanol–water partition coefficient (Wildman–Crippen LogP) is 0.550. The molecule has 0 atom stereocenters. The molecule has 0 saturated carbocycles. The van der Waals surface area contributed by atoms with Gasteiger partial charge in [0, 0.05) is 5.56 Å². The molecule has 4 nitrogen and oxygen atoms in total. The summed E-state index contributed by atoms with van der Waals surface area (Å²) < 4.78 is 2.51. The SMILES string of the molecule is NC(=O)CSNC(=O)c1ccccc1. The topological polar surface area (TPSA) is 72.2 Å². The van der Waals surface area contributed by atoms with Crippen molar-refractivity contribution < 1.29 is 9.59 Å². The number of nitrogens with two attached hydrogens (primary N) is 1. The molecule has 1 rings (SSSR count). The van der Waals surface area contributed by atoms with E-state index in [9.17, 15) is 9.59 Å². The van der Waals surface area contributed by atoms with Crippen molar-refractivity contribution in [3.05, 3.63) is 35.9 Å². The van der Waals surface area contributed by atoms with Gasteiger partial charge in [-0.25, -0.2) is 0 Å². The van der Waals surface area contributed by atoms with Gasteiger partial charge in [0.15, 0.2) is 0 Å². The second-order valence-corrected chi connectivity index (χ2v) is 3.33. The first-order valence-corrected chi connectivity index (χ1v) is 4.94. The van der Waals surface area contributed by atoms with E-state index in [0.29, 0.717) is 5.56 Å². The smallest absolute Gasteiger partial charge is 0.261 e. The van der Waals surface area contributed by atoms with Crippen LogP contribution in [0.3, 0.4) is 0 Å². The summed E-state index contributed by atoms with van der Waals surface area (Å²) in [7, 11) is 0. The Morgan fingerprint density at radius 3 is 2.50 bits per heavy atom. The molecule has 0 aliphatic rings. The highest BCUT2D eigenvalue weighted by Gasteiger charge is 2.04. The Balaban J connectivity index is 2.40. The minimum absolute atomic E-state index is 0.0819. The number of carbonyl (C=O) groups is 2. The van der Waals surface area contributed by atoms with Crippen LogP contribution in [0.25, 0.3) is 0 Å². The van der Waals surface area contributed by atoms with E-state index in [0.717, 1.165) is 11.9 Å². The molecule has 1 aromatic carbocycles. The van der Waals surface area contributed by atoms with Crippen LogP contribution in [0.2, 0.25) is 0 Å². The molecule has 0 heterocycles. The predicted molar refractivity (Wildman–Crippen MR) is 55.6 cm³/mol. The lowest BCUT2D eigenvalue weighted by Crippen LogP contribution is -2.21. The molecular weight excluding hydrogens is 200 g/mol. The van der Waals surface area contributed by atoms with Gasteiger partial charge < -0.3 is 5.73 Å². The molecule has 0 spiro atoms. The van der Waals surface area contributed by atoms with Crippen LogP contribution < -0.4 is 10.5 Å². The van der Waals surface area contributed by atoms with Gasteiger partial charge in [-0.1, -0.05) is 18.2 Å². The fraction of sp³-hybridized carbons (Fsp3) is 0.111. The van der Waals surface area contributed by atoms with Gasteiger partial charge in [-0.05, 0) is 24.1 Å². The second kappa shape index (κ2) is 5.29. The van der Waals surface area contributed by atoms with Crippen molar-refractivity contribution in [2.24, 2.45) is 5.73 Å². The lowest BCUT2D eigenvalue weighted by atomic mass is 10.2. The van der Waals surface area contributed by atoms with E-state index in [4.69, 9.17) is 5.73 Å². The van der Waals surface area contributed by atoms with E-state index in [-0.39, 0.29) is 11.7 Å². The highest BCUT2D eigenvalue weighted by atomic mass is 32.2. The van der Waals surface area contributed by atoms with Crippen LogP contribution in [0.4, 0.5) is 0 Å². The van der Waals surface area contributed by atoms with Gasteiger partial charge >= 0.3 is 0 Å². The molecular formula is C9H10N2O2S. The summed E-state index contributed by atoms with van der Waals surface area (Å²) in [5.41, 5.74) is 5.47. The number of hydrogen-bond acceptors (Lipinski definition) is 3. The quantitative estimate of drug-likeness (QED) is 0.713. The van der Waals surface area contributed by atoms with Crippen molar-refractivity contribution in [2.75, 3.05) is 5.75 Å². The van der Waals surface area contributed by atoms with Crippen LogP contribution in [0.1, 0.15) is 10.4 Å². The summed E-state index contributed by atoms with van der Waals surface area (Å²) in [4.78, 5) is 21.7. The number of carbonyl (C=O) groups excluding carboxylic acids is 2. The Hall–Kier alpha value is -1.49. The zero-order chi connectivity index (χ0) is 10.4. The van der Waals surface area contributed by atoms with Crippen molar-refractivity contribution >= 4 is 23.8 Å². The zero-order valence-corrected chi connectivity index (χ0v) is 8.21. The summed E-state index contributed by atoms with van der Waals surface area (Å²) in [6, 6.07) is 8.76. The molecule has 0 aliphatic carbocycles. The van der Waals surface area contributed by atoms with Gasteiger partial charge in [0.1, 0.15) is 0 Å². The molecule has 74 valence electrons. The molecule has 0 aromatic heterocycles. The van der Waals surface area contributed by atoms with Crippen LogP contribution in [0.5, 0.6) is 0 Å². The summed E-state index contributed by atoms with van der Waals surface area (Å²) in [6.45, 7) is 0. The van der Waals surface area contributed by atoms with E-state index < -0.39 is 5.91 Å². The van der Waals surface area contributed by atoms with E-state index >= 15 is 0 Å². The van der Waals surface area contributed by atoms with Crippen LogP contribution in [0, 0.1) is 0 Å². The molecule has 0 aliphatic heterocycles. The molecule has 14 heavy (non-hydrogen) atoms. The Labute approximate surface area is 86.0 Å². The summed E-state index contributed by atoms with van der Waals surface area (Å²) >= 11 is 0.990. The van der Waals surface area contributed by atoms with Gasteiger partial charge in [-0.2, -0.15) is 0 Å². The summed E-state index contributed by atoms with van der Waals surface area (Å²) in [5.74, 6) is -0.598. The molecule has 0 fully saturated rings. The Morgan fingerprint density at radius 2 is 1.93 bits per heavy atom. The number of nitrogens with one attached hydrogen (secondary N) is 1. The monoisotopic (exact) mass is 210 g/mol. The maximum atomic E-state index is 11.3. The molecule has 5 heteroatoms. The fourth-order valence-electron chi connectivity index (χ4n) is 0.821. The zero-order valence-electron chi connectivity index (χ0n) is 7.40. The van der Waals surface area contributed by atoms with Crippen LogP contribution in [-0.4, -0.2) is 17.6 Å². The largest absolute Gasteiger partial charge is 0.369 e. The Bertz CT molecular complexity index is 327. The van der Waals surface area contributed by atoms with E-state index in [1.54, 1.807) is 24.3 Å². The van der Waals surface area contributed by atoms with Crippen molar-refractivity contribution in [3.63, 3.8) is 0 Å². The lowest BCUT2D eigenvalue weighted by molar-refractivity contribution is -0.115. The third kappa shape index (κ3) is 3.49. The standard InChI is InChI=1S/C9H10N2O2S/c10-8(12)6-14-11-9(13)7-4-2-1-3-5-7/h1-5H,6H2,(H2,10,12)(H,11,13). The molecule has 0 radical (unpaired) electrons. The lowest BCUT2D eigenvalue weighted by Gasteiger charge is -2.01. The third-order valence-corrected chi connectivity index (χ3v) is 2.17. The van der Waals surface area contributed by atoms with E-state index in [2.05, 4.69) is 4.72 Å². The molecule has 0 unspecified atom stereocenters. The Morgan fingerprint density at radius 1 is 1.29 bits per heavy atom. The Kier molecular flexibility index (Phi) is 4.00. The average Bonchev–Trinajstić information content (AvgIpc) is 2.18. The average molecular weight is 210 g/mol. The first kappa shape index (κ1) is 10.6. The van der Waals surface area contributed by atoms with Crippen LogP contribution >= 0.6 is 11.9 Å². The minimum atomic E-state index is -0.455. The molecule has 2 amide bonds. The van der Waals surface area contributed by atoms with Crippen molar-refractivity contribution in [1.82, 2.24) is 4.72 Å². The van der Waals surface area contributed by atoms with Crippen molar-refractivity contribution in [1.29, 1.82) is 0 Å². The normalized spacial score (nSPS) is 9.43. The molecule has 0 bridgehead atoms. The fourth-order valence-corrected chi connectivity index (χ4v) is 1.28. The first-order valence-electron chi connectivity index (χ1n) is 3.95. The maximum Gasteiger partial charge on any atom is 0.261 e. The molecule has 3 N–H and O–H groups in total. The maximum absolute atomic E-state index is 11.3. The summed E-state index contributed by atoms with van der Waals surface area (Å²) in [5, 5.41) is 0. The van der Waals surface area contributed by atoms with E-state index in [1.165, 1.54) is 0 Å². The van der Waals surface area contributed by atoms with Crippen molar-refractivity contribution in [3.8, 4) is 0 Å². The van der Waals surface area contributed by atoms with Crippen LogP contribution in [0.15, 0.2) is 30.3 Å². The summed E-state index contributed by atoms with van der Waals surface area (Å²) in [6.07, 6.45) is 0. The van der Waals surface area contributed by atoms with Crippen molar-refractivity contribution in [2.45, 2.75) is 0 Å². The highest BCUT2D eigenvalue weighted by Crippen LogP contribution is 2.01. The molecule has 0 saturated heterocycles. The van der Waals surface area contributed by atoms with Gasteiger partial charge in [-0.3, -0.25) is 14.3 Å². The number of amides is 2. The van der Waals surface area contributed by atoms with Gasteiger partial charge in [-0.15, -0.1) is 0 Å². The number of hydrogen-bond donors (Lipinski definition) is 2. The minimum Gasteiger partial charge on any atom is -0.369 e. The third-order valence-electron chi connectivity index (χ3n) is 1.42. The van der Waals surface area contributed by atoms with E-state index in [1.807, 2.05) is 6.07 Å². The molecule has 1 aromatic rings. The van der Waals surface area contributed by atoms with Crippen LogP contribution in [-0.2, 0) is 4.79 Å².